The summed E-state index contributed by atoms with van der Waals surface area (Å²) in [4.78, 5) is 15.7. The highest BCUT2D eigenvalue weighted by atomic mass is 16.3. The second-order valence-electron chi connectivity index (χ2n) is 4.12. The molecule has 1 heterocycles. The van der Waals surface area contributed by atoms with Crippen LogP contribution in [0.2, 0.25) is 0 Å². The number of carbonyl (C=O) groups excluding carboxylic acids is 1. The van der Waals surface area contributed by atoms with Gasteiger partial charge in [0.25, 0.3) is 0 Å². The average Bonchev–Trinajstić information content (AvgIpc) is 2.43. The molecule has 1 saturated heterocycles. The number of hydrogen-bond acceptors (Lipinski definition) is 2. The second-order valence-corrected chi connectivity index (χ2v) is 4.12. The van der Waals surface area contributed by atoms with Crippen LogP contribution in [0.5, 0.6) is 0 Å². The van der Waals surface area contributed by atoms with E-state index in [2.05, 4.69) is 0 Å². The third kappa shape index (κ3) is 1.71. The lowest BCUT2D eigenvalue weighted by Crippen LogP contribution is -2.43. The minimum Gasteiger partial charge on any atom is -0.396 e. The van der Waals surface area contributed by atoms with Crippen molar-refractivity contribution in [2.45, 2.75) is 31.7 Å². The molecule has 2 rings (SSSR count). The van der Waals surface area contributed by atoms with Gasteiger partial charge in [0.15, 0.2) is 0 Å². The van der Waals surface area contributed by atoms with Crippen molar-refractivity contribution in [2.24, 2.45) is 0 Å². The van der Waals surface area contributed by atoms with Crippen LogP contribution >= 0.6 is 0 Å². The highest BCUT2D eigenvalue weighted by Crippen LogP contribution is 2.27. The molecule has 0 unspecified atom stereocenters. The number of carbonyl (C=O) groups is 1. The van der Waals surface area contributed by atoms with Crippen LogP contribution in [0.25, 0.3) is 0 Å². The van der Waals surface area contributed by atoms with Crippen LogP contribution in [0.1, 0.15) is 25.7 Å². The number of aliphatic hydroxyl groups is 1. The Morgan fingerprint density at radius 3 is 2.71 bits per heavy atom. The highest BCUT2D eigenvalue weighted by molar-refractivity contribution is 5.77. The molecule has 1 aliphatic carbocycles. The molecule has 0 atom stereocenters. The van der Waals surface area contributed by atoms with Crippen molar-refractivity contribution >= 4 is 6.03 Å². The summed E-state index contributed by atoms with van der Waals surface area (Å²) in [6, 6.07) is 0.699. The monoisotopic (exact) mass is 198 g/mol. The van der Waals surface area contributed by atoms with Gasteiger partial charge in [0.05, 0.1) is 0 Å². The summed E-state index contributed by atoms with van der Waals surface area (Å²) in [6.45, 7) is 2.61. The van der Waals surface area contributed by atoms with Crippen LogP contribution in [-0.4, -0.2) is 53.2 Å². The Kier molecular flexibility index (Phi) is 2.91. The molecule has 80 valence electrons. The summed E-state index contributed by atoms with van der Waals surface area (Å²) in [6.07, 6.45) is 4.33. The predicted molar refractivity (Wildman–Crippen MR) is 53.0 cm³/mol. The number of amides is 2. The van der Waals surface area contributed by atoms with E-state index in [0.717, 1.165) is 13.1 Å². The van der Waals surface area contributed by atoms with Crippen LogP contribution < -0.4 is 0 Å². The molecule has 0 spiro atoms. The van der Waals surface area contributed by atoms with Gasteiger partial charge in [-0.15, -0.1) is 0 Å². The fourth-order valence-electron chi connectivity index (χ4n) is 2.11. The molecule has 2 fully saturated rings. The van der Waals surface area contributed by atoms with E-state index >= 15 is 0 Å². The number of rotatable bonds is 4. The summed E-state index contributed by atoms with van der Waals surface area (Å²) in [7, 11) is 0. The Morgan fingerprint density at radius 1 is 1.36 bits per heavy atom. The van der Waals surface area contributed by atoms with Crippen molar-refractivity contribution in [1.29, 1.82) is 0 Å². The molecule has 0 aromatic carbocycles. The first-order valence-electron chi connectivity index (χ1n) is 5.49. The van der Waals surface area contributed by atoms with E-state index in [4.69, 9.17) is 5.11 Å². The molecule has 0 bridgehead atoms. The van der Waals surface area contributed by atoms with Crippen molar-refractivity contribution in [2.75, 3.05) is 26.2 Å². The van der Waals surface area contributed by atoms with Crippen LogP contribution in [0.3, 0.4) is 0 Å². The Bertz CT molecular complexity index is 216. The zero-order chi connectivity index (χ0) is 9.97. The van der Waals surface area contributed by atoms with Crippen LogP contribution in [0, 0.1) is 0 Å². The Morgan fingerprint density at radius 2 is 2.14 bits per heavy atom. The van der Waals surface area contributed by atoms with Crippen LogP contribution in [-0.2, 0) is 0 Å². The van der Waals surface area contributed by atoms with Crippen molar-refractivity contribution in [1.82, 2.24) is 9.80 Å². The summed E-state index contributed by atoms with van der Waals surface area (Å²) in [5.41, 5.74) is 0. The summed E-state index contributed by atoms with van der Waals surface area (Å²) in [5.74, 6) is 0. The third-order valence-electron chi connectivity index (χ3n) is 3.23. The lowest BCUT2D eigenvalue weighted by molar-refractivity contribution is 0.147. The number of urea groups is 1. The molecule has 1 aliphatic heterocycles. The van der Waals surface area contributed by atoms with Gasteiger partial charge in [0.1, 0.15) is 0 Å². The molecule has 2 aliphatic rings. The molecule has 0 aromatic heterocycles. The van der Waals surface area contributed by atoms with E-state index in [1.54, 1.807) is 0 Å². The molecular weight excluding hydrogens is 180 g/mol. The minimum absolute atomic E-state index is 0.174. The zero-order valence-electron chi connectivity index (χ0n) is 8.48. The Hall–Kier alpha value is -0.770. The molecular formula is C10H18N2O2. The predicted octanol–water partition coefficient (Wildman–Crippen LogP) is 0.659. The summed E-state index contributed by atoms with van der Waals surface area (Å²) >= 11 is 0. The van der Waals surface area contributed by atoms with E-state index < -0.39 is 0 Å². The number of aliphatic hydroxyl groups excluding tert-OH is 1. The van der Waals surface area contributed by atoms with Crippen molar-refractivity contribution in [3.05, 3.63) is 0 Å². The van der Waals surface area contributed by atoms with Gasteiger partial charge in [-0.1, -0.05) is 0 Å². The van der Waals surface area contributed by atoms with Gasteiger partial charge in [0.2, 0.25) is 0 Å². The molecule has 14 heavy (non-hydrogen) atoms. The first-order valence-corrected chi connectivity index (χ1v) is 5.49. The van der Waals surface area contributed by atoms with Crippen molar-refractivity contribution < 1.29 is 9.90 Å². The molecule has 1 saturated carbocycles. The third-order valence-corrected chi connectivity index (χ3v) is 3.23. The average molecular weight is 198 g/mol. The maximum absolute atomic E-state index is 11.8. The minimum atomic E-state index is 0.174. The van der Waals surface area contributed by atoms with Crippen molar-refractivity contribution in [3.8, 4) is 0 Å². The van der Waals surface area contributed by atoms with Gasteiger partial charge in [-0.2, -0.15) is 0 Å². The van der Waals surface area contributed by atoms with Crippen molar-refractivity contribution in [3.63, 3.8) is 0 Å². The zero-order valence-corrected chi connectivity index (χ0v) is 8.48. The molecule has 1 N–H and O–H groups in total. The SMILES string of the molecule is O=C1N(CCCO)CCN1C1CCC1. The first-order chi connectivity index (χ1) is 6.83. The normalized spacial score (nSPS) is 23.1. The molecule has 0 radical (unpaired) electrons. The summed E-state index contributed by atoms with van der Waals surface area (Å²) in [5, 5.41) is 8.69. The highest BCUT2D eigenvalue weighted by Gasteiger charge is 2.35. The van der Waals surface area contributed by atoms with E-state index in [1.165, 1.54) is 19.3 Å². The van der Waals surface area contributed by atoms with Gasteiger partial charge in [-0.05, 0) is 25.7 Å². The number of nitrogens with zero attached hydrogens (tertiary/aromatic N) is 2. The van der Waals surface area contributed by atoms with Gasteiger partial charge in [-0.3, -0.25) is 0 Å². The number of hydrogen-bond donors (Lipinski definition) is 1. The van der Waals surface area contributed by atoms with E-state index in [-0.39, 0.29) is 12.6 Å². The molecule has 4 heteroatoms. The van der Waals surface area contributed by atoms with E-state index in [0.29, 0.717) is 19.0 Å². The van der Waals surface area contributed by atoms with E-state index in [9.17, 15) is 4.79 Å². The molecule has 0 aromatic rings. The Balaban J connectivity index is 1.83. The van der Waals surface area contributed by atoms with Gasteiger partial charge in [0, 0.05) is 32.3 Å². The topological polar surface area (TPSA) is 43.8 Å². The fourth-order valence-corrected chi connectivity index (χ4v) is 2.11. The maximum atomic E-state index is 11.8. The quantitative estimate of drug-likeness (QED) is 0.721. The standard InChI is InChI=1S/C10H18N2O2/c13-8-2-5-11-6-7-12(10(11)14)9-3-1-4-9/h9,13H,1-8H2. The van der Waals surface area contributed by atoms with Crippen LogP contribution in [0.4, 0.5) is 4.79 Å². The van der Waals surface area contributed by atoms with Gasteiger partial charge >= 0.3 is 6.03 Å². The maximum Gasteiger partial charge on any atom is 0.320 e. The molecule has 4 nitrogen and oxygen atoms in total. The summed E-state index contributed by atoms with van der Waals surface area (Å²) < 4.78 is 0. The smallest absolute Gasteiger partial charge is 0.320 e. The lowest BCUT2D eigenvalue weighted by Gasteiger charge is -2.34. The second kappa shape index (κ2) is 4.17. The Labute approximate surface area is 84.5 Å². The molecule has 2 amide bonds. The lowest BCUT2D eigenvalue weighted by atomic mass is 9.92. The van der Waals surface area contributed by atoms with E-state index in [1.807, 2.05) is 9.80 Å². The fraction of sp³-hybridized carbons (Fsp3) is 0.900. The van der Waals surface area contributed by atoms with Crippen LogP contribution in [0.15, 0.2) is 0 Å². The largest absolute Gasteiger partial charge is 0.396 e. The van der Waals surface area contributed by atoms with Gasteiger partial charge < -0.3 is 14.9 Å². The first kappa shape index (κ1) is 9.77. The van der Waals surface area contributed by atoms with Gasteiger partial charge in [-0.25, -0.2) is 4.79 Å².